The molecule has 0 spiro atoms. The minimum Gasteiger partial charge on any atom is -0.372 e. The zero-order valence-electron chi connectivity index (χ0n) is 18.0. The predicted molar refractivity (Wildman–Crippen MR) is 121 cm³/mol. The van der Waals surface area contributed by atoms with Gasteiger partial charge in [0.1, 0.15) is 0 Å². The van der Waals surface area contributed by atoms with E-state index in [-0.39, 0.29) is 18.4 Å². The van der Waals surface area contributed by atoms with Crippen molar-refractivity contribution in [2.24, 2.45) is 0 Å². The molecule has 0 aliphatic heterocycles. The molecule has 160 valence electrons. The molecule has 0 aliphatic rings. The number of nitrogens with one attached hydrogen (secondary N) is 2. The second-order valence-corrected chi connectivity index (χ2v) is 7.63. The Morgan fingerprint density at radius 1 is 0.742 bits per heavy atom. The third-order valence-electron chi connectivity index (χ3n) is 4.75. The molecule has 0 saturated heterocycles. The fourth-order valence-corrected chi connectivity index (χ4v) is 3.32. The summed E-state index contributed by atoms with van der Waals surface area (Å²) in [5.74, 6) is -0.483. The fraction of sp³-hybridized carbons (Fsp3) is 0.231. The van der Waals surface area contributed by atoms with Gasteiger partial charge in [-0.05, 0) is 42.7 Å². The van der Waals surface area contributed by atoms with Gasteiger partial charge < -0.3 is 15.4 Å². The highest BCUT2D eigenvalue weighted by molar-refractivity contribution is 5.96. The molecule has 5 heteroatoms. The lowest BCUT2D eigenvalue weighted by Crippen LogP contribution is -2.36. The highest BCUT2D eigenvalue weighted by atomic mass is 16.5. The second kappa shape index (κ2) is 11.1. The van der Waals surface area contributed by atoms with Crippen LogP contribution in [0.5, 0.6) is 0 Å². The first kappa shape index (κ1) is 22.2. The highest BCUT2D eigenvalue weighted by Gasteiger charge is 2.09. The molecule has 0 heterocycles. The van der Waals surface area contributed by atoms with Gasteiger partial charge in [-0.1, -0.05) is 71.8 Å². The van der Waals surface area contributed by atoms with Crippen LogP contribution in [0.1, 0.15) is 38.2 Å². The number of carbonyl (C=O) groups excluding carboxylic acids is 2. The van der Waals surface area contributed by atoms with E-state index in [0.29, 0.717) is 25.3 Å². The standard InChI is InChI=1S/C26H28N2O3/c1-19-11-20(2)13-24(12-19)26(30)28-16-25(29)27-15-22-9-6-10-23(14-22)18-31-17-21-7-4-3-5-8-21/h3-14H,15-18H2,1-2H3,(H,27,29)(H,28,30). The maximum atomic E-state index is 12.3. The molecule has 3 aromatic carbocycles. The third kappa shape index (κ3) is 7.39. The number of aryl methyl sites for hydroxylation is 2. The molecule has 0 fully saturated rings. The van der Waals surface area contributed by atoms with Crippen LogP contribution < -0.4 is 10.6 Å². The summed E-state index contributed by atoms with van der Waals surface area (Å²) in [7, 11) is 0. The number of rotatable bonds is 9. The molecule has 5 nitrogen and oxygen atoms in total. The van der Waals surface area contributed by atoms with Crippen molar-refractivity contribution >= 4 is 11.8 Å². The molecule has 2 N–H and O–H groups in total. The van der Waals surface area contributed by atoms with E-state index < -0.39 is 0 Å². The molecule has 0 aromatic heterocycles. The number of benzene rings is 3. The van der Waals surface area contributed by atoms with Gasteiger partial charge in [0.15, 0.2) is 0 Å². The van der Waals surface area contributed by atoms with Crippen molar-refractivity contribution in [2.75, 3.05) is 6.54 Å². The second-order valence-electron chi connectivity index (χ2n) is 7.63. The van der Waals surface area contributed by atoms with Crippen LogP contribution in [0.4, 0.5) is 0 Å². The van der Waals surface area contributed by atoms with Gasteiger partial charge in [0.05, 0.1) is 19.8 Å². The Labute approximate surface area is 183 Å². The molecule has 0 saturated carbocycles. The van der Waals surface area contributed by atoms with Gasteiger partial charge in [0.25, 0.3) is 5.91 Å². The highest BCUT2D eigenvalue weighted by Crippen LogP contribution is 2.10. The molecule has 0 unspecified atom stereocenters. The Hall–Kier alpha value is -3.44. The summed E-state index contributed by atoms with van der Waals surface area (Å²) in [6.45, 7) is 5.27. The monoisotopic (exact) mass is 416 g/mol. The summed E-state index contributed by atoms with van der Waals surface area (Å²) >= 11 is 0. The van der Waals surface area contributed by atoms with Gasteiger partial charge in [-0.25, -0.2) is 0 Å². The summed E-state index contributed by atoms with van der Waals surface area (Å²) in [6, 6.07) is 23.6. The van der Waals surface area contributed by atoms with Gasteiger partial charge >= 0.3 is 0 Å². The number of hydrogen-bond donors (Lipinski definition) is 2. The lowest BCUT2D eigenvalue weighted by atomic mass is 10.1. The zero-order valence-corrected chi connectivity index (χ0v) is 18.0. The van der Waals surface area contributed by atoms with Crippen molar-refractivity contribution in [2.45, 2.75) is 33.6 Å². The summed E-state index contributed by atoms with van der Waals surface area (Å²) in [6.07, 6.45) is 0. The average Bonchev–Trinajstić information content (AvgIpc) is 2.76. The van der Waals surface area contributed by atoms with E-state index >= 15 is 0 Å². The molecular weight excluding hydrogens is 388 g/mol. The quantitative estimate of drug-likeness (QED) is 0.553. The summed E-state index contributed by atoms with van der Waals surface area (Å²) < 4.78 is 5.78. The molecule has 3 aromatic rings. The first-order valence-electron chi connectivity index (χ1n) is 10.3. The van der Waals surface area contributed by atoms with Gasteiger partial charge in [-0.2, -0.15) is 0 Å². The van der Waals surface area contributed by atoms with Crippen LogP contribution in [0, 0.1) is 13.8 Å². The van der Waals surface area contributed by atoms with Crippen molar-refractivity contribution in [3.05, 3.63) is 106 Å². The van der Waals surface area contributed by atoms with Crippen molar-refractivity contribution in [3.63, 3.8) is 0 Å². The topological polar surface area (TPSA) is 67.4 Å². The van der Waals surface area contributed by atoms with E-state index in [1.807, 2.05) is 86.6 Å². The SMILES string of the molecule is Cc1cc(C)cc(C(=O)NCC(=O)NCc2cccc(COCc3ccccc3)c2)c1. The molecule has 0 bridgehead atoms. The minimum absolute atomic E-state index is 0.0638. The van der Waals surface area contributed by atoms with E-state index in [1.165, 1.54) is 0 Å². The zero-order chi connectivity index (χ0) is 22.1. The average molecular weight is 417 g/mol. The maximum absolute atomic E-state index is 12.3. The largest absolute Gasteiger partial charge is 0.372 e. The Balaban J connectivity index is 1.42. The third-order valence-corrected chi connectivity index (χ3v) is 4.75. The van der Waals surface area contributed by atoms with Crippen molar-refractivity contribution < 1.29 is 14.3 Å². The van der Waals surface area contributed by atoms with Crippen molar-refractivity contribution in [1.29, 1.82) is 0 Å². The van der Waals surface area contributed by atoms with Crippen molar-refractivity contribution in [3.8, 4) is 0 Å². The molecule has 31 heavy (non-hydrogen) atoms. The van der Waals surface area contributed by atoms with E-state index in [0.717, 1.165) is 27.8 Å². The number of ether oxygens (including phenoxy) is 1. The van der Waals surface area contributed by atoms with Crippen LogP contribution in [-0.4, -0.2) is 18.4 Å². The fourth-order valence-electron chi connectivity index (χ4n) is 3.32. The number of amides is 2. The maximum Gasteiger partial charge on any atom is 0.251 e. The molecule has 3 rings (SSSR count). The Morgan fingerprint density at radius 2 is 1.39 bits per heavy atom. The van der Waals surface area contributed by atoms with Gasteiger partial charge in [0, 0.05) is 12.1 Å². The summed E-state index contributed by atoms with van der Waals surface area (Å²) in [5, 5.41) is 5.52. The first-order chi connectivity index (χ1) is 15.0. The summed E-state index contributed by atoms with van der Waals surface area (Å²) in [5.41, 5.74) is 5.76. The van der Waals surface area contributed by atoms with Crippen molar-refractivity contribution in [1.82, 2.24) is 10.6 Å². The molecule has 2 amide bonds. The lowest BCUT2D eigenvalue weighted by Gasteiger charge is -2.10. The van der Waals surface area contributed by atoms with Crippen LogP contribution in [0.25, 0.3) is 0 Å². The van der Waals surface area contributed by atoms with Crippen LogP contribution in [0.3, 0.4) is 0 Å². The number of hydrogen-bond acceptors (Lipinski definition) is 3. The van der Waals surface area contributed by atoms with Gasteiger partial charge in [0.2, 0.25) is 5.91 Å². The molecule has 0 aliphatic carbocycles. The van der Waals surface area contributed by atoms with Crippen LogP contribution in [0.2, 0.25) is 0 Å². The summed E-state index contributed by atoms with van der Waals surface area (Å²) in [4.78, 5) is 24.4. The van der Waals surface area contributed by atoms with E-state index in [2.05, 4.69) is 10.6 Å². The lowest BCUT2D eigenvalue weighted by molar-refractivity contribution is -0.120. The molecular formula is C26H28N2O3. The predicted octanol–water partition coefficient (Wildman–Crippen LogP) is 4.07. The molecule has 0 radical (unpaired) electrons. The Bertz CT molecular complexity index is 1010. The molecule has 0 atom stereocenters. The van der Waals surface area contributed by atoms with Crippen LogP contribution in [-0.2, 0) is 29.3 Å². The smallest absolute Gasteiger partial charge is 0.251 e. The van der Waals surface area contributed by atoms with E-state index in [4.69, 9.17) is 4.74 Å². The number of carbonyl (C=O) groups is 2. The van der Waals surface area contributed by atoms with Crippen LogP contribution in [0.15, 0.2) is 72.8 Å². The van der Waals surface area contributed by atoms with E-state index in [1.54, 1.807) is 0 Å². The minimum atomic E-state index is -0.250. The van der Waals surface area contributed by atoms with E-state index in [9.17, 15) is 9.59 Å². The Kier molecular flexibility index (Phi) is 7.96. The van der Waals surface area contributed by atoms with Crippen LogP contribution >= 0.6 is 0 Å². The first-order valence-corrected chi connectivity index (χ1v) is 10.3. The van der Waals surface area contributed by atoms with Gasteiger partial charge in [-0.15, -0.1) is 0 Å². The Morgan fingerprint density at radius 3 is 2.13 bits per heavy atom. The van der Waals surface area contributed by atoms with Gasteiger partial charge in [-0.3, -0.25) is 9.59 Å². The normalized spacial score (nSPS) is 10.5.